The van der Waals surface area contributed by atoms with Gasteiger partial charge in [-0.3, -0.25) is 4.79 Å². The highest BCUT2D eigenvalue weighted by atomic mass is 35.5. The van der Waals surface area contributed by atoms with E-state index in [0.717, 1.165) is 13.0 Å². The van der Waals surface area contributed by atoms with Gasteiger partial charge in [0.05, 0.1) is 0 Å². The summed E-state index contributed by atoms with van der Waals surface area (Å²) >= 11 is 5.73. The zero-order chi connectivity index (χ0) is 8.97. The maximum Gasteiger partial charge on any atom is 0.241 e. The highest BCUT2D eigenvalue weighted by Crippen LogP contribution is 2.09. The molecule has 1 aliphatic rings. The van der Waals surface area contributed by atoms with E-state index in [-0.39, 0.29) is 17.5 Å². The molecule has 1 rings (SSSR count). The molecule has 0 radical (unpaired) electrons. The van der Waals surface area contributed by atoms with Gasteiger partial charge >= 0.3 is 0 Å². The molecular formula is C8H15ClN2O. The van der Waals surface area contributed by atoms with Gasteiger partial charge in [0.1, 0.15) is 11.5 Å². The number of hydrogen-bond acceptors (Lipinski definition) is 2. The average molecular weight is 191 g/mol. The molecule has 0 spiro atoms. The van der Waals surface area contributed by atoms with Crippen LogP contribution in [0.25, 0.3) is 0 Å². The monoisotopic (exact) mass is 190 g/mol. The fraction of sp³-hybridized carbons (Fsp3) is 0.875. The van der Waals surface area contributed by atoms with Crippen LogP contribution in [0.2, 0.25) is 0 Å². The van der Waals surface area contributed by atoms with Crippen LogP contribution in [0, 0.1) is 0 Å². The molecular weight excluding hydrogens is 176 g/mol. The number of carbonyl (C=O) groups is 1. The second kappa shape index (κ2) is 4.67. The predicted molar refractivity (Wildman–Crippen MR) is 49.1 cm³/mol. The first kappa shape index (κ1) is 9.81. The van der Waals surface area contributed by atoms with Crippen molar-refractivity contribution in [1.82, 2.24) is 10.6 Å². The number of unbranched alkanes of at least 4 members (excludes halogenated alkanes) is 2. The standard InChI is InChI=1S/C8H15ClN2O/c1-2-3-4-5-10-6-7(9)11-8(6)12/h6-7,10H,2-5H2,1H3,(H,11,12)/t6-,7?/m0/s1. The van der Waals surface area contributed by atoms with Crippen LogP contribution in [-0.2, 0) is 4.79 Å². The lowest BCUT2D eigenvalue weighted by atomic mass is 10.1. The third-order valence-corrected chi connectivity index (χ3v) is 2.36. The fourth-order valence-corrected chi connectivity index (χ4v) is 1.49. The number of hydrogen-bond donors (Lipinski definition) is 2. The van der Waals surface area contributed by atoms with Crippen molar-refractivity contribution in [3.05, 3.63) is 0 Å². The lowest BCUT2D eigenvalue weighted by molar-refractivity contribution is -0.129. The minimum absolute atomic E-state index is 0.0199. The minimum atomic E-state index is -0.209. The van der Waals surface area contributed by atoms with Gasteiger partial charge in [0.25, 0.3) is 0 Å². The van der Waals surface area contributed by atoms with E-state index in [1.807, 2.05) is 0 Å². The molecule has 0 aromatic heterocycles. The van der Waals surface area contributed by atoms with Gasteiger partial charge in [-0.25, -0.2) is 0 Å². The molecule has 0 aromatic rings. The van der Waals surface area contributed by atoms with Gasteiger partial charge in [-0.2, -0.15) is 0 Å². The fourth-order valence-electron chi connectivity index (χ4n) is 1.17. The number of rotatable bonds is 5. The van der Waals surface area contributed by atoms with E-state index in [9.17, 15) is 4.79 Å². The third-order valence-electron chi connectivity index (χ3n) is 2.00. The van der Waals surface area contributed by atoms with E-state index in [0.29, 0.717) is 0 Å². The molecule has 1 saturated heterocycles. The maximum absolute atomic E-state index is 10.8. The van der Waals surface area contributed by atoms with Crippen LogP contribution in [0.3, 0.4) is 0 Å². The molecule has 1 heterocycles. The second-order valence-corrected chi connectivity index (χ2v) is 3.52. The van der Waals surface area contributed by atoms with Crippen molar-refractivity contribution in [1.29, 1.82) is 0 Å². The maximum atomic E-state index is 10.8. The molecule has 70 valence electrons. The van der Waals surface area contributed by atoms with E-state index >= 15 is 0 Å². The van der Waals surface area contributed by atoms with Gasteiger partial charge < -0.3 is 10.6 Å². The van der Waals surface area contributed by atoms with Crippen molar-refractivity contribution >= 4 is 17.5 Å². The summed E-state index contributed by atoms with van der Waals surface area (Å²) in [5, 5.41) is 5.67. The number of amides is 1. The topological polar surface area (TPSA) is 41.1 Å². The van der Waals surface area contributed by atoms with E-state index in [1.165, 1.54) is 12.8 Å². The van der Waals surface area contributed by atoms with Gasteiger partial charge in [-0.15, -0.1) is 0 Å². The largest absolute Gasteiger partial charge is 0.337 e. The van der Waals surface area contributed by atoms with Crippen molar-refractivity contribution in [3.63, 3.8) is 0 Å². The van der Waals surface area contributed by atoms with Crippen LogP contribution < -0.4 is 10.6 Å². The highest BCUT2D eigenvalue weighted by Gasteiger charge is 2.36. The van der Waals surface area contributed by atoms with Gasteiger partial charge in [-0.05, 0) is 13.0 Å². The minimum Gasteiger partial charge on any atom is -0.337 e. The van der Waals surface area contributed by atoms with Gasteiger partial charge in [0.2, 0.25) is 5.91 Å². The molecule has 0 saturated carbocycles. The van der Waals surface area contributed by atoms with Crippen LogP contribution in [0.15, 0.2) is 0 Å². The summed E-state index contributed by atoms with van der Waals surface area (Å²) in [5.74, 6) is 0.0199. The van der Waals surface area contributed by atoms with E-state index in [1.54, 1.807) is 0 Å². The van der Waals surface area contributed by atoms with Gasteiger partial charge in [0, 0.05) is 0 Å². The first-order chi connectivity index (χ1) is 5.75. The van der Waals surface area contributed by atoms with Crippen LogP contribution in [0.1, 0.15) is 26.2 Å². The van der Waals surface area contributed by atoms with Crippen LogP contribution in [-0.4, -0.2) is 24.0 Å². The Bertz CT molecular complexity index is 163. The molecule has 12 heavy (non-hydrogen) atoms. The van der Waals surface area contributed by atoms with Gasteiger partial charge in [0.15, 0.2) is 0 Å². The van der Waals surface area contributed by atoms with Crippen molar-refractivity contribution in [2.45, 2.75) is 37.7 Å². The normalized spacial score (nSPS) is 28.0. The Balaban J connectivity index is 2.03. The van der Waals surface area contributed by atoms with Crippen molar-refractivity contribution in [2.24, 2.45) is 0 Å². The van der Waals surface area contributed by atoms with Crippen molar-refractivity contribution in [3.8, 4) is 0 Å². The third kappa shape index (κ3) is 2.35. The Morgan fingerprint density at radius 2 is 2.33 bits per heavy atom. The molecule has 1 fully saturated rings. The second-order valence-electron chi connectivity index (χ2n) is 3.05. The highest BCUT2D eigenvalue weighted by molar-refractivity contribution is 6.26. The number of carbonyl (C=O) groups excluding carboxylic acids is 1. The van der Waals surface area contributed by atoms with Crippen LogP contribution >= 0.6 is 11.6 Å². The Kier molecular flexibility index (Phi) is 3.82. The Morgan fingerprint density at radius 3 is 2.83 bits per heavy atom. The lowest BCUT2D eigenvalue weighted by Crippen LogP contribution is -2.65. The summed E-state index contributed by atoms with van der Waals surface area (Å²) in [7, 11) is 0. The summed E-state index contributed by atoms with van der Waals surface area (Å²) in [5.41, 5.74) is -0.209. The zero-order valence-electron chi connectivity index (χ0n) is 7.27. The lowest BCUT2D eigenvalue weighted by Gasteiger charge is -2.32. The summed E-state index contributed by atoms with van der Waals surface area (Å²) in [6.45, 7) is 3.04. The average Bonchev–Trinajstić information content (AvgIpc) is 2.04. The van der Waals surface area contributed by atoms with Crippen molar-refractivity contribution < 1.29 is 4.79 Å². The molecule has 4 heteroatoms. The number of halogens is 1. The van der Waals surface area contributed by atoms with E-state index in [4.69, 9.17) is 11.6 Å². The molecule has 0 aromatic carbocycles. The smallest absolute Gasteiger partial charge is 0.241 e. The Morgan fingerprint density at radius 1 is 1.58 bits per heavy atom. The molecule has 1 aliphatic heterocycles. The van der Waals surface area contributed by atoms with Gasteiger partial charge in [-0.1, -0.05) is 31.4 Å². The molecule has 0 aliphatic carbocycles. The van der Waals surface area contributed by atoms with Crippen molar-refractivity contribution in [2.75, 3.05) is 6.54 Å². The first-order valence-corrected chi connectivity index (χ1v) is 4.87. The zero-order valence-corrected chi connectivity index (χ0v) is 8.03. The first-order valence-electron chi connectivity index (χ1n) is 4.43. The molecule has 0 bridgehead atoms. The molecule has 1 unspecified atom stereocenters. The quantitative estimate of drug-likeness (QED) is 0.292. The Labute approximate surface area is 77.9 Å². The summed E-state index contributed by atoms with van der Waals surface area (Å²) in [6.07, 6.45) is 3.51. The summed E-state index contributed by atoms with van der Waals surface area (Å²) in [6, 6.07) is -0.163. The SMILES string of the molecule is CCCCCN[C@@H]1C(=O)NC1Cl. The Hall–Kier alpha value is -0.280. The predicted octanol–water partition coefficient (Wildman–Crippen LogP) is 0.829. The molecule has 2 N–H and O–H groups in total. The molecule has 3 nitrogen and oxygen atoms in total. The number of alkyl halides is 1. The van der Waals surface area contributed by atoms with E-state index in [2.05, 4.69) is 17.6 Å². The molecule has 2 atom stereocenters. The summed E-state index contributed by atoms with van der Waals surface area (Å²) in [4.78, 5) is 10.8. The number of nitrogens with one attached hydrogen (secondary N) is 2. The summed E-state index contributed by atoms with van der Waals surface area (Å²) < 4.78 is 0. The molecule has 1 amide bonds. The van der Waals surface area contributed by atoms with Crippen LogP contribution in [0.5, 0.6) is 0 Å². The van der Waals surface area contributed by atoms with Crippen LogP contribution in [0.4, 0.5) is 0 Å². The number of β-lactam (4-membered cyclic amide) rings is 1. The van der Waals surface area contributed by atoms with E-state index < -0.39 is 0 Å².